The molecule has 1 unspecified atom stereocenters. The molecule has 0 saturated carbocycles. The van der Waals surface area contributed by atoms with Crippen molar-refractivity contribution in [3.63, 3.8) is 0 Å². The highest BCUT2D eigenvalue weighted by atomic mass is 31.2. The zero-order chi connectivity index (χ0) is 29.2. The monoisotopic (exact) mass is 595 g/mol. The number of aliphatic hydroxyl groups is 4. The van der Waals surface area contributed by atoms with E-state index in [-0.39, 0.29) is 17.1 Å². The Morgan fingerprint density at radius 1 is 1.00 bits per heavy atom. The maximum Gasteiger partial charge on any atom is 0.338 e. The molecule has 9 atom stereocenters. The lowest BCUT2D eigenvalue weighted by Crippen LogP contribution is -2.36. The summed E-state index contributed by atoms with van der Waals surface area (Å²) in [7, 11) is -4.86. The van der Waals surface area contributed by atoms with Crippen molar-refractivity contribution in [1.29, 1.82) is 0 Å². The van der Waals surface area contributed by atoms with E-state index in [1.807, 2.05) is 0 Å². The molecule has 220 valence electrons. The van der Waals surface area contributed by atoms with Gasteiger partial charge in [0.05, 0.1) is 31.6 Å². The number of ether oxygens (including phenoxy) is 2. The summed E-state index contributed by atoms with van der Waals surface area (Å²) in [5.41, 5.74) is 4.42. The lowest BCUT2D eigenvalue weighted by molar-refractivity contribution is -0.0496. The number of aryl methyl sites for hydroxylation is 1. The van der Waals surface area contributed by atoms with E-state index in [0.717, 1.165) is 10.9 Å². The second-order valence-electron chi connectivity index (χ2n) is 9.69. The number of aromatic amines is 1. The number of aliphatic hydroxyl groups excluding tert-OH is 4. The summed E-state index contributed by atoms with van der Waals surface area (Å²) < 4.78 is 32.9. The second-order valence-corrected chi connectivity index (χ2v) is 11.7. The van der Waals surface area contributed by atoms with Gasteiger partial charge in [-0.15, -0.1) is 0 Å². The Morgan fingerprint density at radius 3 is 2.41 bits per heavy atom. The molecule has 0 aliphatic carbocycles. The molecule has 20 heteroatoms. The number of anilines is 1. The summed E-state index contributed by atoms with van der Waals surface area (Å²) in [6, 6.07) is 0. The van der Waals surface area contributed by atoms with E-state index in [0.29, 0.717) is 16.9 Å². The van der Waals surface area contributed by atoms with E-state index >= 15 is 0 Å². The summed E-state index contributed by atoms with van der Waals surface area (Å²) >= 11 is 0. The van der Waals surface area contributed by atoms with E-state index in [2.05, 4.69) is 29.9 Å². The van der Waals surface area contributed by atoms with Crippen LogP contribution in [-0.2, 0) is 18.6 Å². The molecule has 2 saturated heterocycles. The van der Waals surface area contributed by atoms with Gasteiger partial charge in [-0.1, -0.05) is 0 Å². The van der Waals surface area contributed by atoms with Crippen LogP contribution in [0.1, 0.15) is 18.1 Å². The molecule has 0 spiro atoms. The minimum absolute atomic E-state index is 0.0980. The first-order valence-electron chi connectivity index (χ1n) is 12.3. The van der Waals surface area contributed by atoms with Crippen molar-refractivity contribution >= 4 is 35.9 Å². The number of nitrogen functional groups attached to an aromatic ring is 1. The van der Waals surface area contributed by atoms with Crippen LogP contribution >= 0.6 is 7.60 Å². The smallest absolute Gasteiger partial charge is 0.338 e. The van der Waals surface area contributed by atoms with E-state index in [1.165, 1.54) is 17.2 Å². The molecular weight excluding hydrogens is 569 g/mol. The van der Waals surface area contributed by atoms with Crippen LogP contribution in [0.2, 0.25) is 0 Å². The van der Waals surface area contributed by atoms with Crippen molar-refractivity contribution in [2.45, 2.75) is 55.6 Å². The highest BCUT2D eigenvalue weighted by Crippen LogP contribution is 2.57. The molecule has 6 rings (SSSR count). The number of hydrogen-bond acceptors (Lipinski definition) is 15. The predicted molar refractivity (Wildman–Crippen MR) is 135 cm³/mol. The summed E-state index contributed by atoms with van der Waals surface area (Å²) in [5.74, 6) is -0.255. The molecule has 19 nitrogen and oxygen atoms in total. The maximum absolute atomic E-state index is 13.6. The molecule has 4 aromatic rings. The number of nitrogens with one attached hydrogen (secondary N) is 1. The molecule has 0 aromatic carbocycles. The molecule has 0 bridgehead atoms. The Bertz CT molecular complexity index is 1710. The topological polar surface area (TPSA) is 279 Å². The van der Waals surface area contributed by atoms with Gasteiger partial charge in [-0.2, -0.15) is 4.98 Å². The summed E-state index contributed by atoms with van der Waals surface area (Å²) in [6.45, 7) is 0.332. The fourth-order valence-electron chi connectivity index (χ4n) is 5.11. The Labute approximate surface area is 228 Å². The van der Waals surface area contributed by atoms with Crippen LogP contribution in [0.3, 0.4) is 0 Å². The number of aromatic nitrogens is 8. The summed E-state index contributed by atoms with van der Waals surface area (Å²) in [6.07, 6.45) is -6.14. The molecule has 2 aliphatic rings. The lowest BCUT2D eigenvalue weighted by atomic mass is 10.1. The van der Waals surface area contributed by atoms with Crippen LogP contribution in [0.15, 0.2) is 23.8 Å². The number of imidazole rings is 2. The normalized spacial score (nSPS) is 31.8. The number of nitrogens with two attached hydrogens (primary N) is 1. The third-order valence-corrected chi connectivity index (χ3v) is 9.03. The van der Waals surface area contributed by atoms with E-state index in [1.54, 1.807) is 6.92 Å². The molecule has 0 amide bonds. The minimum Gasteiger partial charge on any atom is -0.394 e. The summed E-state index contributed by atoms with van der Waals surface area (Å²) in [4.78, 5) is 45.9. The zero-order valence-electron chi connectivity index (χ0n) is 21.2. The van der Waals surface area contributed by atoms with E-state index in [9.17, 15) is 34.7 Å². The average Bonchev–Trinajstić information content (AvgIpc) is 3.68. The van der Waals surface area contributed by atoms with Crippen molar-refractivity contribution in [3.05, 3.63) is 35.0 Å². The first-order valence-corrected chi connectivity index (χ1v) is 14.0. The van der Waals surface area contributed by atoms with Crippen LogP contribution in [0.25, 0.3) is 22.3 Å². The molecule has 8 N–H and O–H groups in total. The maximum atomic E-state index is 13.6. The van der Waals surface area contributed by atoms with Crippen LogP contribution < -0.4 is 11.3 Å². The Morgan fingerprint density at radius 2 is 1.68 bits per heavy atom. The first-order chi connectivity index (χ1) is 19.5. The van der Waals surface area contributed by atoms with Crippen LogP contribution in [-0.4, -0.2) is 114 Å². The zero-order valence-corrected chi connectivity index (χ0v) is 22.1. The highest BCUT2D eigenvalue weighted by molar-refractivity contribution is 7.53. The second kappa shape index (κ2) is 10.2. The molecular formula is C21H26N9O10P. The Hall–Kier alpha value is -3.39. The van der Waals surface area contributed by atoms with Gasteiger partial charge in [0, 0.05) is 0 Å². The van der Waals surface area contributed by atoms with Crippen molar-refractivity contribution in [2.24, 2.45) is 0 Å². The minimum atomic E-state index is -4.86. The quantitative estimate of drug-likeness (QED) is 0.107. The highest BCUT2D eigenvalue weighted by Gasteiger charge is 2.55. The number of fused-ring (bicyclic) bond motifs is 2. The van der Waals surface area contributed by atoms with Crippen LogP contribution in [0.5, 0.6) is 0 Å². The molecule has 2 aliphatic heterocycles. The molecule has 0 radical (unpaired) electrons. The van der Waals surface area contributed by atoms with Gasteiger partial charge < -0.3 is 45.1 Å². The molecule has 2 fully saturated rings. The van der Waals surface area contributed by atoms with Gasteiger partial charge in [0.15, 0.2) is 29.3 Å². The van der Waals surface area contributed by atoms with Gasteiger partial charge in [-0.25, -0.2) is 19.9 Å². The largest absolute Gasteiger partial charge is 0.394 e. The number of nitrogens with zero attached hydrogens (tertiary/aromatic N) is 7. The van der Waals surface area contributed by atoms with Gasteiger partial charge in [-0.05, 0) is 6.92 Å². The lowest BCUT2D eigenvalue weighted by Gasteiger charge is -2.27. The number of rotatable bonds is 7. The van der Waals surface area contributed by atoms with Crippen molar-refractivity contribution < 1.29 is 43.9 Å². The molecule has 6 heterocycles. The SMILES string of the molecule is Cc1ncnc2c1ncn2[C@@H]1O[C@H](COP(=O)(O)[C@@H]2[C@H](O)[C@@H](CO)O[C@H]2n2cnc3c(=O)[nH]c(N)nc32)[C@@H](O)[C@H]1O. The van der Waals surface area contributed by atoms with Crippen molar-refractivity contribution in [3.8, 4) is 0 Å². The van der Waals surface area contributed by atoms with Crippen LogP contribution in [0, 0.1) is 6.92 Å². The molecule has 4 aromatic heterocycles. The van der Waals surface area contributed by atoms with Crippen molar-refractivity contribution in [1.82, 2.24) is 39.0 Å². The van der Waals surface area contributed by atoms with Crippen LogP contribution in [0.4, 0.5) is 5.95 Å². The standard InChI is InChI=1S/C21H26N9O10P/c1-7-10-16(24-4-23-7)29(5-25-10)19-14(34)12(32)9(40-19)3-38-41(36,37)15-13(33)8(2-31)39-20(15)30-6-26-11-17(30)27-21(22)28-18(11)35/h4-6,8-9,12-15,19-20,31-34H,2-3H2,1H3,(H,36,37)(H3,22,27,28,35)/t8-,9-,12-,13-,14-,15-,19-,20-/m1/s1. The summed E-state index contributed by atoms with van der Waals surface area (Å²) in [5, 5.41) is 41.9. The van der Waals surface area contributed by atoms with Gasteiger partial charge in [0.1, 0.15) is 48.0 Å². The van der Waals surface area contributed by atoms with Gasteiger partial charge >= 0.3 is 7.60 Å². The van der Waals surface area contributed by atoms with E-state index < -0.39 is 75.0 Å². The third kappa shape index (κ3) is 4.51. The first kappa shape index (κ1) is 27.8. The Kier molecular flexibility index (Phi) is 6.88. The number of H-pyrrole nitrogens is 1. The molecule has 41 heavy (non-hydrogen) atoms. The van der Waals surface area contributed by atoms with Crippen molar-refractivity contribution in [2.75, 3.05) is 18.9 Å². The Balaban J connectivity index is 1.25. The number of hydrogen-bond donors (Lipinski definition) is 7. The average molecular weight is 595 g/mol. The predicted octanol–water partition coefficient (Wildman–Crippen LogP) is -2.71. The fraction of sp³-hybridized carbons (Fsp3) is 0.524. The third-order valence-electron chi connectivity index (χ3n) is 7.20. The van der Waals surface area contributed by atoms with Gasteiger partial charge in [-0.3, -0.25) is 23.5 Å². The fourth-order valence-corrected chi connectivity index (χ4v) is 6.76. The van der Waals surface area contributed by atoms with Gasteiger partial charge in [0.25, 0.3) is 5.56 Å². The van der Waals surface area contributed by atoms with Gasteiger partial charge in [0.2, 0.25) is 5.95 Å². The van der Waals surface area contributed by atoms with E-state index in [4.69, 9.17) is 19.7 Å².